The summed E-state index contributed by atoms with van der Waals surface area (Å²) in [5.74, 6) is 1.53. The molecule has 0 radical (unpaired) electrons. The van der Waals surface area contributed by atoms with Crippen LogP contribution in [0, 0.1) is 0 Å². The highest BCUT2D eigenvalue weighted by Crippen LogP contribution is 2.43. The van der Waals surface area contributed by atoms with Crippen molar-refractivity contribution in [1.29, 1.82) is 0 Å². The summed E-state index contributed by atoms with van der Waals surface area (Å²) in [4.78, 5) is 13.4. The van der Waals surface area contributed by atoms with E-state index in [-0.39, 0.29) is 11.9 Å². The summed E-state index contributed by atoms with van der Waals surface area (Å²) >= 11 is 1.35. The Hall–Kier alpha value is -1.75. The fourth-order valence-electron chi connectivity index (χ4n) is 2.25. The topological polar surface area (TPSA) is 65.5 Å². The lowest BCUT2D eigenvalue weighted by molar-refractivity contribution is 0.0533. The first-order valence-corrected chi connectivity index (χ1v) is 7.99. The number of nitrogens with two attached hydrogens (primary N) is 1. The molecule has 2 aromatic heterocycles. The second-order valence-corrected chi connectivity index (χ2v) is 6.10. The molecule has 21 heavy (non-hydrogen) atoms. The van der Waals surface area contributed by atoms with Crippen LogP contribution in [0.15, 0.2) is 16.5 Å². The predicted molar refractivity (Wildman–Crippen MR) is 85.9 cm³/mol. The van der Waals surface area contributed by atoms with E-state index in [1.807, 2.05) is 19.1 Å². The lowest BCUT2D eigenvalue weighted by Crippen LogP contribution is -2.06. The Kier molecular flexibility index (Phi) is 4.73. The number of carbonyl (C=O) groups excluding carboxylic acids is 1. The first kappa shape index (κ1) is 15.6. The van der Waals surface area contributed by atoms with Gasteiger partial charge in [0, 0.05) is 12.0 Å². The van der Waals surface area contributed by atoms with E-state index in [1.165, 1.54) is 11.3 Å². The van der Waals surface area contributed by atoms with Gasteiger partial charge in [-0.15, -0.1) is 11.3 Å². The predicted octanol–water partition coefficient (Wildman–Crippen LogP) is 4.45. The quantitative estimate of drug-likeness (QED) is 0.829. The van der Waals surface area contributed by atoms with E-state index in [0.29, 0.717) is 17.2 Å². The Labute approximate surface area is 128 Å². The van der Waals surface area contributed by atoms with E-state index in [9.17, 15) is 4.79 Å². The van der Waals surface area contributed by atoms with E-state index >= 15 is 0 Å². The first-order chi connectivity index (χ1) is 9.99. The summed E-state index contributed by atoms with van der Waals surface area (Å²) in [7, 11) is 0. The molecule has 0 saturated carbocycles. The molecule has 0 aliphatic carbocycles. The van der Waals surface area contributed by atoms with E-state index in [1.54, 1.807) is 6.92 Å². The smallest absolute Gasteiger partial charge is 0.350 e. The number of furan rings is 1. The highest BCUT2D eigenvalue weighted by Gasteiger charge is 2.25. The maximum atomic E-state index is 12.0. The minimum absolute atomic E-state index is 0.203. The van der Waals surface area contributed by atoms with E-state index in [2.05, 4.69) is 13.8 Å². The molecule has 114 valence electrons. The molecule has 2 N–H and O–H groups in total. The third kappa shape index (κ3) is 2.97. The van der Waals surface area contributed by atoms with Crippen molar-refractivity contribution >= 4 is 23.0 Å². The van der Waals surface area contributed by atoms with E-state index < -0.39 is 0 Å². The maximum absolute atomic E-state index is 12.0. The summed E-state index contributed by atoms with van der Waals surface area (Å²) in [6.45, 7) is 8.27. The molecule has 2 rings (SSSR count). The molecule has 2 aromatic rings. The lowest BCUT2D eigenvalue weighted by Gasteiger charge is -2.07. The molecule has 5 heteroatoms. The average Bonchev–Trinajstić information content (AvgIpc) is 3.02. The molecule has 0 atom stereocenters. The van der Waals surface area contributed by atoms with Gasteiger partial charge in [0.25, 0.3) is 0 Å². The van der Waals surface area contributed by atoms with Crippen LogP contribution in [-0.4, -0.2) is 12.6 Å². The number of carbonyl (C=O) groups is 1. The maximum Gasteiger partial charge on any atom is 0.350 e. The molecule has 0 fully saturated rings. The van der Waals surface area contributed by atoms with E-state index in [4.69, 9.17) is 14.9 Å². The number of hydrogen-bond acceptors (Lipinski definition) is 5. The Bertz CT molecular complexity index is 640. The van der Waals surface area contributed by atoms with Crippen molar-refractivity contribution < 1.29 is 13.9 Å². The zero-order valence-electron chi connectivity index (χ0n) is 12.9. The normalized spacial score (nSPS) is 11.1. The summed E-state index contributed by atoms with van der Waals surface area (Å²) in [6.07, 6.45) is 0.836. The van der Waals surface area contributed by atoms with Crippen molar-refractivity contribution in [2.24, 2.45) is 0 Å². The fraction of sp³-hybridized carbons (Fsp3) is 0.438. The van der Waals surface area contributed by atoms with Crippen LogP contribution in [0.4, 0.5) is 5.69 Å². The van der Waals surface area contributed by atoms with Crippen molar-refractivity contribution in [3.63, 3.8) is 0 Å². The van der Waals surface area contributed by atoms with Gasteiger partial charge in [-0.2, -0.15) is 0 Å². The third-order valence-electron chi connectivity index (χ3n) is 3.26. The van der Waals surface area contributed by atoms with Gasteiger partial charge in [-0.05, 0) is 25.0 Å². The van der Waals surface area contributed by atoms with E-state index in [0.717, 1.165) is 28.4 Å². The number of anilines is 1. The van der Waals surface area contributed by atoms with Crippen LogP contribution < -0.4 is 5.73 Å². The van der Waals surface area contributed by atoms with Crippen molar-refractivity contribution in [1.82, 2.24) is 0 Å². The molecule has 0 aromatic carbocycles. The van der Waals surface area contributed by atoms with Crippen LogP contribution in [-0.2, 0) is 11.2 Å². The molecule has 0 aliphatic rings. The molecule has 2 heterocycles. The van der Waals surface area contributed by atoms with Gasteiger partial charge in [0.05, 0.1) is 17.2 Å². The number of aryl methyl sites for hydroxylation is 1. The van der Waals surface area contributed by atoms with Gasteiger partial charge in [0.2, 0.25) is 0 Å². The summed E-state index contributed by atoms with van der Waals surface area (Å²) in [5, 5.41) is 0. The van der Waals surface area contributed by atoms with Gasteiger partial charge in [-0.1, -0.05) is 20.8 Å². The molecule has 0 spiro atoms. The van der Waals surface area contributed by atoms with Crippen LogP contribution in [0.5, 0.6) is 0 Å². The van der Waals surface area contributed by atoms with Crippen molar-refractivity contribution in [2.75, 3.05) is 12.3 Å². The van der Waals surface area contributed by atoms with Gasteiger partial charge in [-0.25, -0.2) is 4.79 Å². The number of hydrogen-bond donors (Lipinski definition) is 1. The lowest BCUT2D eigenvalue weighted by atomic mass is 10.0. The second-order valence-electron chi connectivity index (χ2n) is 5.08. The van der Waals surface area contributed by atoms with Crippen LogP contribution in [0.3, 0.4) is 0 Å². The molecule has 0 aliphatic heterocycles. The molecular weight excluding hydrogens is 286 g/mol. The van der Waals surface area contributed by atoms with Gasteiger partial charge in [0.1, 0.15) is 16.4 Å². The summed E-state index contributed by atoms with van der Waals surface area (Å²) in [6, 6.07) is 3.89. The number of rotatable bonds is 5. The molecule has 0 bridgehead atoms. The third-order valence-corrected chi connectivity index (χ3v) is 4.47. The Morgan fingerprint density at radius 2 is 2.10 bits per heavy atom. The van der Waals surface area contributed by atoms with Crippen LogP contribution in [0.1, 0.15) is 54.6 Å². The molecule has 0 saturated heterocycles. The fourth-order valence-corrected chi connectivity index (χ4v) is 3.48. The van der Waals surface area contributed by atoms with Gasteiger partial charge >= 0.3 is 5.97 Å². The Balaban J connectivity index is 2.54. The number of thiophene rings is 1. The van der Waals surface area contributed by atoms with Crippen LogP contribution in [0.25, 0.3) is 10.6 Å². The Morgan fingerprint density at radius 3 is 2.62 bits per heavy atom. The SMILES string of the molecule is CCOC(=O)c1sc(-c2ccc(CC)o2)c(C(C)C)c1N. The van der Waals surface area contributed by atoms with Crippen LogP contribution >= 0.6 is 11.3 Å². The molecule has 0 unspecified atom stereocenters. The van der Waals surface area contributed by atoms with Gasteiger partial charge < -0.3 is 14.9 Å². The highest BCUT2D eigenvalue weighted by molar-refractivity contribution is 7.18. The monoisotopic (exact) mass is 307 g/mol. The van der Waals surface area contributed by atoms with Crippen molar-refractivity contribution in [3.05, 3.63) is 28.3 Å². The zero-order valence-corrected chi connectivity index (χ0v) is 13.7. The van der Waals surface area contributed by atoms with Gasteiger partial charge in [-0.3, -0.25) is 0 Å². The number of nitrogen functional groups attached to an aromatic ring is 1. The average molecular weight is 307 g/mol. The zero-order chi connectivity index (χ0) is 15.6. The number of esters is 1. The number of ether oxygens (including phenoxy) is 1. The second kappa shape index (κ2) is 6.35. The van der Waals surface area contributed by atoms with Crippen molar-refractivity contribution in [2.45, 2.75) is 40.0 Å². The minimum Gasteiger partial charge on any atom is -0.462 e. The first-order valence-electron chi connectivity index (χ1n) is 7.17. The molecule has 4 nitrogen and oxygen atoms in total. The van der Waals surface area contributed by atoms with Gasteiger partial charge in [0.15, 0.2) is 0 Å². The standard InChI is InChI=1S/C16H21NO3S/c1-5-10-7-8-11(20-10)14-12(9(3)4)13(17)15(21-14)16(18)19-6-2/h7-9H,5-6,17H2,1-4H3. The molecule has 0 amide bonds. The highest BCUT2D eigenvalue weighted by atomic mass is 32.1. The largest absolute Gasteiger partial charge is 0.462 e. The summed E-state index contributed by atoms with van der Waals surface area (Å²) < 4.78 is 10.9. The Morgan fingerprint density at radius 1 is 1.38 bits per heavy atom. The van der Waals surface area contributed by atoms with Crippen molar-refractivity contribution in [3.8, 4) is 10.6 Å². The minimum atomic E-state index is -0.365. The van der Waals surface area contributed by atoms with Crippen LogP contribution in [0.2, 0.25) is 0 Å². The summed E-state index contributed by atoms with van der Waals surface area (Å²) in [5.41, 5.74) is 7.65. The molecular formula is C16H21NO3S.